The van der Waals surface area contributed by atoms with Gasteiger partial charge in [0.05, 0.1) is 13.2 Å². The Bertz CT molecular complexity index is 95.0. The van der Waals surface area contributed by atoms with Gasteiger partial charge in [0, 0.05) is 6.54 Å². The minimum absolute atomic E-state index is 0.0361. The van der Waals surface area contributed by atoms with Gasteiger partial charge in [-0.15, -0.1) is 0 Å². The molecule has 0 aliphatic rings. The number of aliphatic hydroxyl groups excluding tert-OH is 1. The van der Waals surface area contributed by atoms with Crippen LogP contribution in [0.25, 0.3) is 0 Å². The Hall–Kier alpha value is -0.610. The lowest BCUT2D eigenvalue weighted by atomic mass is 10.6. The van der Waals surface area contributed by atoms with E-state index in [1.807, 2.05) is 6.92 Å². The molecule has 4 heteroatoms. The SMILES string of the molecule is CCNC(=O)COCCO. The van der Waals surface area contributed by atoms with Gasteiger partial charge in [0.25, 0.3) is 0 Å². The van der Waals surface area contributed by atoms with Crippen LogP contribution < -0.4 is 5.32 Å². The summed E-state index contributed by atoms with van der Waals surface area (Å²) < 4.78 is 4.74. The summed E-state index contributed by atoms with van der Waals surface area (Å²) in [5, 5.41) is 10.8. The lowest BCUT2D eigenvalue weighted by molar-refractivity contribution is -0.125. The maximum absolute atomic E-state index is 10.6. The minimum Gasteiger partial charge on any atom is -0.394 e. The van der Waals surface area contributed by atoms with Crippen molar-refractivity contribution >= 4 is 5.91 Å². The molecule has 0 rings (SSSR count). The van der Waals surface area contributed by atoms with Crippen molar-refractivity contribution in [1.29, 1.82) is 0 Å². The van der Waals surface area contributed by atoms with Crippen LogP contribution in [0.2, 0.25) is 0 Å². The molecule has 0 aliphatic heterocycles. The number of carbonyl (C=O) groups excluding carboxylic acids is 1. The van der Waals surface area contributed by atoms with Crippen LogP contribution in [0.15, 0.2) is 0 Å². The van der Waals surface area contributed by atoms with Crippen molar-refractivity contribution in [3.63, 3.8) is 0 Å². The molecule has 0 saturated carbocycles. The molecule has 0 unspecified atom stereocenters. The van der Waals surface area contributed by atoms with Crippen LogP contribution in [0, 0.1) is 0 Å². The summed E-state index contributed by atoms with van der Waals surface area (Å²) >= 11 is 0. The summed E-state index contributed by atoms with van der Waals surface area (Å²) in [5.41, 5.74) is 0. The zero-order valence-electron chi connectivity index (χ0n) is 6.09. The first-order valence-electron chi connectivity index (χ1n) is 3.26. The van der Waals surface area contributed by atoms with Gasteiger partial charge >= 0.3 is 0 Å². The highest BCUT2D eigenvalue weighted by molar-refractivity contribution is 5.77. The second kappa shape index (κ2) is 6.51. The van der Waals surface area contributed by atoms with Crippen LogP contribution in [0.5, 0.6) is 0 Å². The van der Waals surface area contributed by atoms with Gasteiger partial charge < -0.3 is 15.2 Å². The van der Waals surface area contributed by atoms with E-state index in [1.54, 1.807) is 0 Å². The normalized spacial score (nSPS) is 9.40. The van der Waals surface area contributed by atoms with E-state index in [-0.39, 0.29) is 25.7 Å². The molecular weight excluding hydrogens is 134 g/mol. The van der Waals surface area contributed by atoms with E-state index in [4.69, 9.17) is 9.84 Å². The average Bonchev–Trinajstić information content (AvgIpc) is 1.89. The van der Waals surface area contributed by atoms with E-state index in [0.717, 1.165) is 0 Å². The maximum Gasteiger partial charge on any atom is 0.245 e. The number of likely N-dealkylation sites (N-methyl/N-ethyl adjacent to an activating group) is 1. The Morgan fingerprint density at radius 2 is 2.40 bits per heavy atom. The van der Waals surface area contributed by atoms with Gasteiger partial charge in [-0.3, -0.25) is 4.79 Å². The van der Waals surface area contributed by atoms with Gasteiger partial charge in [-0.05, 0) is 6.92 Å². The largest absolute Gasteiger partial charge is 0.394 e. The molecule has 0 fully saturated rings. The van der Waals surface area contributed by atoms with Crippen molar-refractivity contribution in [3.8, 4) is 0 Å². The van der Waals surface area contributed by atoms with Crippen LogP contribution in [0.4, 0.5) is 0 Å². The molecule has 1 amide bonds. The quantitative estimate of drug-likeness (QED) is 0.497. The third-order valence-corrected chi connectivity index (χ3v) is 0.843. The molecule has 0 radical (unpaired) electrons. The first kappa shape index (κ1) is 9.39. The number of hydrogen-bond donors (Lipinski definition) is 2. The van der Waals surface area contributed by atoms with E-state index in [1.165, 1.54) is 0 Å². The summed E-state index contributed by atoms with van der Waals surface area (Å²) in [6, 6.07) is 0. The molecule has 10 heavy (non-hydrogen) atoms. The summed E-state index contributed by atoms with van der Waals surface area (Å²) in [7, 11) is 0. The Labute approximate surface area is 60.2 Å². The highest BCUT2D eigenvalue weighted by atomic mass is 16.5. The standard InChI is InChI=1S/C6H13NO3/c1-2-7-6(9)5-10-4-3-8/h8H,2-5H2,1H3,(H,7,9). The van der Waals surface area contributed by atoms with Crippen LogP contribution >= 0.6 is 0 Å². The smallest absolute Gasteiger partial charge is 0.245 e. The Balaban J connectivity index is 3.05. The second-order valence-corrected chi connectivity index (χ2v) is 1.73. The van der Waals surface area contributed by atoms with Gasteiger partial charge in [0.15, 0.2) is 0 Å². The number of rotatable bonds is 5. The molecule has 0 aromatic carbocycles. The van der Waals surface area contributed by atoms with Crippen LogP contribution in [-0.2, 0) is 9.53 Å². The highest BCUT2D eigenvalue weighted by Gasteiger charge is 1.96. The molecule has 2 N–H and O–H groups in total. The maximum atomic E-state index is 10.6. The number of carbonyl (C=O) groups is 1. The number of ether oxygens (including phenoxy) is 1. The summed E-state index contributed by atoms with van der Waals surface area (Å²) in [6.45, 7) is 2.66. The van der Waals surface area contributed by atoms with Gasteiger partial charge in [-0.2, -0.15) is 0 Å². The Morgan fingerprint density at radius 3 is 2.90 bits per heavy atom. The number of nitrogens with one attached hydrogen (secondary N) is 1. The summed E-state index contributed by atoms with van der Waals surface area (Å²) in [6.07, 6.45) is 0. The third-order valence-electron chi connectivity index (χ3n) is 0.843. The lowest BCUT2D eigenvalue weighted by Gasteiger charge is -2.01. The first-order chi connectivity index (χ1) is 4.81. The Kier molecular flexibility index (Phi) is 6.11. The number of aliphatic hydroxyl groups is 1. The van der Waals surface area contributed by atoms with E-state index in [9.17, 15) is 4.79 Å². The molecule has 4 nitrogen and oxygen atoms in total. The topological polar surface area (TPSA) is 58.6 Å². The molecular formula is C6H13NO3. The first-order valence-corrected chi connectivity index (χ1v) is 3.26. The molecule has 0 aromatic heterocycles. The van der Waals surface area contributed by atoms with Crippen LogP contribution in [-0.4, -0.2) is 37.4 Å². The summed E-state index contributed by atoms with van der Waals surface area (Å²) in [5.74, 6) is -0.143. The van der Waals surface area contributed by atoms with Gasteiger partial charge in [0.1, 0.15) is 6.61 Å². The molecule has 0 aliphatic carbocycles. The Morgan fingerprint density at radius 1 is 1.70 bits per heavy atom. The number of amides is 1. The van der Waals surface area contributed by atoms with Crippen LogP contribution in [0.1, 0.15) is 6.92 Å². The molecule has 0 heterocycles. The predicted molar refractivity (Wildman–Crippen MR) is 36.6 cm³/mol. The molecule has 0 aromatic rings. The fraction of sp³-hybridized carbons (Fsp3) is 0.833. The molecule has 60 valence electrons. The zero-order valence-corrected chi connectivity index (χ0v) is 6.09. The van der Waals surface area contributed by atoms with Crippen LogP contribution in [0.3, 0.4) is 0 Å². The van der Waals surface area contributed by atoms with E-state index in [0.29, 0.717) is 6.54 Å². The van der Waals surface area contributed by atoms with Crippen molar-refractivity contribution < 1.29 is 14.6 Å². The predicted octanol–water partition coefficient (Wildman–Crippen LogP) is -0.869. The van der Waals surface area contributed by atoms with E-state index < -0.39 is 0 Å². The lowest BCUT2D eigenvalue weighted by Crippen LogP contribution is -2.27. The van der Waals surface area contributed by atoms with Crippen molar-refractivity contribution in [2.75, 3.05) is 26.4 Å². The monoisotopic (exact) mass is 147 g/mol. The van der Waals surface area contributed by atoms with Crippen molar-refractivity contribution in [3.05, 3.63) is 0 Å². The highest BCUT2D eigenvalue weighted by Crippen LogP contribution is 1.72. The van der Waals surface area contributed by atoms with Crippen molar-refractivity contribution in [1.82, 2.24) is 5.32 Å². The van der Waals surface area contributed by atoms with Crippen molar-refractivity contribution in [2.45, 2.75) is 6.92 Å². The minimum atomic E-state index is -0.143. The molecule has 0 bridgehead atoms. The number of hydrogen-bond acceptors (Lipinski definition) is 3. The van der Waals surface area contributed by atoms with Gasteiger partial charge in [-0.1, -0.05) is 0 Å². The average molecular weight is 147 g/mol. The third kappa shape index (κ3) is 5.53. The molecule has 0 spiro atoms. The van der Waals surface area contributed by atoms with Gasteiger partial charge in [-0.25, -0.2) is 0 Å². The molecule has 0 atom stereocenters. The van der Waals surface area contributed by atoms with E-state index >= 15 is 0 Å². The van der Waals surface area contributed by atoms with E-state index in [2.05, 4.69) is 5.32 Å². The summed E-state index contributed by atoms with van der Waals surface area (Å²) in [4.78, 5) is 10.6. The second-order valence-electron chi connectivity index (χ2n) is 1.73. The van der Waals surface area contributed by atoms with Gasteiger partial charge in [0.2, 0.25) is 5.91 Å². The zero-order chi connectivity index (χ0) is 7.82. The fourth-order valence-electron chi connectivity index (χ4n) is 0.478. The fourth-order valence-corrected chi connectivity index (χ4v) is 0.478. The molecule has 0 saturated heterocycles. The van der Waals surface area contributed by atoms with Crippen molar-refractivity contribution in [2.24, 2.45) is 0 Å².